The minimum Gasteiger partial charge on any atom is -0.468 e. The molecule has 27 heavy (non-hydrogen) atoms. The maximum absolute atomic E-state index is 13.1. The number of hydrogen-bond donors (Lipinski definition) is 0. The first-order chi connectivity index (χ1) is 13.0. The van der Waals surface area contributed by atoms with Crippen molar-refractivity contribution in [1.82, 2.24) is 14.7 Å². The summed E-state index contributed by atoms with van der Waals surface area (Å²) in [7, 11) is 6.47. The number of furan rings is 1. The van der Waals surface area contributed by atoms with Crippen molar-refractivity contribution in [2.45, 2.75) is 57.2 Å². The second-order valence-corrected chi connectivity index (χ2v) is 9.31. The molecule has 5 heteroatoms. The lowest BCUT2D eigenvalue weighted by atomic mass is 9.94. The van der Waals surface area contributed by atoms with Crippen LogP contribution in [0.1, 0.15) is 44.3 Å². The average molecular weight is 374 g/mol. The molecule has 2 unspecified atom stereocenters. The lowest BCUT2D eigenvalue weighted by Crippen LogP contribution is -2.44. The van der Waals surface area contributed by atoms with E-state index in [9.17, 15) is 4.79 Å². The van der Waals surface area contributed by atoms with E-state index in [-0.39, 0.29) is 5.92 Å². The SMILES string of the molecule is CN(C)C1C[C@@H]2CC(N(C)C(=O)C3CCN(Cc4ccco4)CC3)C[C@@H]2C1. The summed E-state index contributed by atoms with van der Waals surface area (Å²) in [4.78, 5) is 20.0. The lowest BCUT2D eigenvalue weighted by molar-refractivity contribution is -0.138. The Labute approximate surface area is 163 Å². The van der Waals surface area contributed by atoms with Crippen molar-refractivity contribution in [2.75, 3.05) is 34.2 Å². The number of rotatable bonds is 5. The van der Waals surface area contributed by atoms with Gasteiger partial charge in [-0.1, -0.05) is 0 Å². The molecule has 0 radical (unpaired) electrons. The largest absolute Gasteiger partial charge is 0.468 e. The van der Waals surface area contributed by atoms with Gasteiger partial charge in [-0.2, -0.15) is 0 Å². The molecule has 0 spiro atoms. The summed E-state index contributed by atoms with van der Waals surface area (Å²) < 4.78 is 5.45. The molecular weight excluding hydrogens is 338 g/mol. The summed E-state index contributed by atoms with van der Waals surface area (Å²) in [6, 6.07) is 5.19. The van der Waals surface area contributed by atoms with Gasteiger partial charge in [0, 0.05) is 25.0 Å². The molecule has 150 valence electrons. The van der Waals surface area contributed by atoms with Crippen LogP contribution in [0.4, 0.5) is 0 Å². The van der Waals surface area contributed by atoms with E-state index in [1.807, 2.05) is 12.1 Å². The molecule has 3 fully saturated rings. The van der Waals surface area contributed by atoms with E-state index in [1.165, 1.54) is 25.7 Å². The van der Waals surface area contributed by atoms with Crippen LogP contribution in [0, 0.1) is 17.8 Å². The lowest BCUT2D eigenvalue weighted by Gasteiger charge is -2.35. The Morgan fingerprint density at radius 3 is 2.26 bits per heavy atom. The van der Waals surface area contributed by atoms with Crippen molar-refractivity contribution in [2.24, 2.45) is 17.8 Å². The highest BCUT2D eigenvalue weighted by Gasteiger charge is 2.44. The number of piperidine rings is 1. The first-order valence-corrected chi connectivity index (χ1v) is 10.7. The second kappa shape index (κ2) is 7.96. The first kappa shape index (κ1) is 19.0. The van der Waals surface area contributed by atoms with E-state index < -0.39 is 0 Å². The molecule has 0 N–H and O–H groups in total. The van der Waals surface area contributed by atoms with E-state index in [0.717, 1.165) is 56.1 Å². The Kier molecular flexibility index (Phi) is 5.60. The van der Waals surface area contributed by atoms with Gasteiger partial charge in [0.15, 0.2) is 0 Å². The van der Waals surface area contributed by atoms with E-state index in [2.05, 4.69) is 35.8 Å². The number of likely N-dealkylation sites (tertiary alicyclic amines) is 1. The number of nitrogens with zero attached hydrogens (tertiary/aromatic N) is 3. The van der Waals surface area contributed by atoms with E-state index >= 15 is 0 Å². The number of hydrogen-bond acceptors (Lipinski definition) is 4. The van der Waals surface area contributed by atoms with Gasteiger partial charge in [-0.15, -0.1) is 0 Å². The Morgan fingerprint density at radius 1 is 1.07 bits per heavy atom. The van der Waals surface area contributed by atoms with Crippen molar-refractivity contribution in [3.05, 3.63) is 24.2 Å². The zero-order valence-corrected chi connectivity index (χ0v) is 17.1. The zero-order valence-electron chi connectivity index (χ0n) is 17.1. The van der Waals surface area contributed by atoms with Crippen LogP contribution >= 0.6 is 0 Å². The average Bonchev–Trinajstić information content (AvgIpc) is 3.37. The summed E-state index contributed by atoms with van der Waals surface area (Å²) in [5.41, 5.74) is 0. The van der Waals surface area contributed by atoms with Crippen molar-refractivity contribution in [3.63, 3.8) is 0 Å². The standard InChI is InChI=1S/C22H35N3O2/c1-23(2)19-11-17-13-20(14-18(17)12-19)24(3)22(26)16-6-8-25(9-7-16)15-21-5-4-10-27-21/h4-5,10,16-20H,6-9,11-15H2,1-3H3/t17-,18+,19?,20?. The fourth-order valence-corrected chi connectivity index (χ4v) is 5.72. The molecule has 5 nitrogen and oxygen atoms in total. The number of carbonyl (C=O) groups excluding carboxylic acids is 1. The topological polar surface area (TPSA) is 39.9 Å². The highest BCUT2D eigenvalue weighted by atomic mass is 16.3. The Morgan fingerprint density at radius 2 is 1.70 bits per heavy atom. The van der Waals surface area contributed by atoms with Gasteiger partial charge in [0.25, 0.3) is 0 Å². The highest BCUT2D eigenvalue weighted by molar-refractivity contribution is 5.79. The smallest absolute Gasteiger partial charge is 0.225 e. The van der Waals surface area contributed by atoms with Crippen molar-refractivity contribution < 1.29 is 9.21 Å². The van der Waals surface area contributed by atoms with Crippen LogP contribution in [-0.4, -0.2) is 66.9 Å². The molecule has 2 saturated carbocycles. The maximum Gasteiger partial charge on any atom is 0.225 e. The molecular formula is C22H35N3O2. The summed E-state index contributed by atoms with van der Waals surface area (Å²) in [5, 5.41) is 0. The molecule has 1 saturated heterocycles. The number of amides is 1. The molecule has 4 rings (SSSR count). The van der Waals surface area contributed by atoms with E-state index in [0.29, 0.717) is 11.9 Å². The molecule has 1 aliphatic heterocycles. The summed E-state index contributed by atoms with van der Waals surface area (Å²) >= 11 is 0. The molecule has 0 aromatic carbocycles. The summed E-state index contributed by atoms with van der Waals surface area (Å²) in [6.45, 7) is 2.85. The van der Waals surface area contributed by atoms with E-state index in [4.69, 9.17) is 4.42 Å². The van der Waals surface area contributed by atoms with Crippen LogP contribution in [0.5, 0.6) is 0 Å². The number of fused-ring (bicyclic) bond motifs is 1. The van der Waals surface area contributed by atoms with Gasteiger partial charge >= 0.3 is 0 Å². The summed E-state index contributed by atoms with van der Waals surface area (Å²) in [6.07, 6.45) is 8.77. The van der Waals surface area contributed by atoms with Crippen LogP contribution < -0.4 is 0 Å². The quantitative estimate of drug-likeness (QED) is 0.795. The third-order valence-electron chi connectivity index (χ3n) is 7.49. The third kappa shape index (κ3) is 4.09. The van der Waals surface area contributed by atoms with Gasteiger partial charge in [-0.25, -0.2) is 0 Å². The molecule has 3 aliphatic rings. The van der Waals surface area contributed by atoms with Crippen LogP contribution in [0.25, 0.3) is 0 Å². The molecule has 1 amide bonds. The van der Waals surface area contributed by atoms with Crippen LogP contribution in [0.2, 0.25) is 0 Å². The van der Waals surface area contributed by atoms with Gasteiger partial charge in [-0.05, 0) is 89.7 Å². The molecule has 2 aliphatic carbocycles. The zero-order chi connectivity index (χ0) is 19.0. The second-order valence-electron chi connectivity index (χ2n) is 9.31. The highest BCUT2D eigenvalue weighted by Crippen LogP contribution is 2.46. The normalized spacial score (nSPS) is 32.1. The number of carbonyl (C=O) groups is 1. The molecule has 1 aromatic rings. The minimum atomic E-state index is 0.206. The Bertz CT molecular complexity index is 608. The van der Waals surface area contributed by atoms with Gasteiger partial charge in [0.2, 0.25) is 5.91 Å². The van der Waals surface area contributed by atoms with Gasteiger partial charge in [0.05, 0.1) is 12.8 Å². The fraction of sp³-hybridized carbons (Fsp3) is 0.773. The minimum absolute atomic E-state index is 0.206. The molecule has 2 heterocycles. The van der Waals surface area contributed by atoms with Crippen LogP contribution in [0.3, 0.4) is 0 Å². The Hall–Kier alpha value is -1.33. The van der Waals surface area contributed by atoms with Gasteiger partial charge < -0.3 is 14.2 Å². The molecule has 4 atom stereocenters. The fourth-order valence-electron chi connectivity index (χ4n) is 5.72. The van der Waals surface area contributed by atoms with Crippen LogP contribution in [0.15, 0.2) is 22.8 Å². The van der Waals surface area contributed by atoms with Crippen molar-refractivity contribution >= 4 is 5.91 Å². The predicted molar refractivity (Wildman–Crippen MR) is 106 cm³/mol. The Balaban J connectivity index is 1.25. The van der Waals surface area contributed by atoms with Gasteiger partial charge in [-0.3, -0.25) is 9.69 Å². The maximum atomic E-state index is 13.1. The summed E-state index contributed by atoms with van der Waals surface area (Å²) in [5.74, 6) is 3.27. The van der Waals surface area contributed by atoms with E-state index in [1.54, 1.807) is 6.26 Å². The molecule has 1 aromatic heterocycles. The third-order valence-corrected chi connectivity index (χ3v) is 7.49. The van der Waals surface area contributed by atoms with Crippen molar-refractivity contribution in [1.29, 1.82) is 0 Å². The predicted octanol–water partition coefficient (Wildman–Crippen LogP) is 3.07. The van der Waals surface area contributed by atoms with Gasteiger partial charge in [0.1, 0.15) is 5.76 Å². The molecule has 0 bridgehead atoms. The first-order valence-electron chi connectivity index (χ1n) is 10.7. The van der Waals surface area contributed by atoms with Crippen molar-refractivity contribution in [3.8, 4) is 0 Å². The monoisotopic (exact) mass is 373 g/mol. The van der Waals surface area contributed by atoms with Crippen LogP contribution in [-0.2, 0) is 11.3 Å².